The maximum atomic E-state index is 9.80. The summed E-state index contributed by atoms with van der Waals surface area (Å²) in [5.74, 6) is 0.826. The van der Waals surface area contributed by atoms with Crippen molar-refractivity contribution in [1.82, 2.24) is 4.57 Å². The molecule has 1 aromatic carbocycles. The number of nitrogens with zero attached hydrogens (tertiary/aromatic N) is 1. The molecular formula is C12H15NO. The first-order valence-corrected chi connectivity index (χ1v) is 4.87. The van der Waals surface area contributed by atoms with Gasteiger partial charge in [-0.1, -0.05) is 13.8 Å². The SMILES string of the molecule is CC(C)c1cc(O)c2ccn(C)c2c1. The Bertz CT molecular complexity index is 468. The third-order valence-electron chi connectivity index (χ3n) is 2.67. The lowest BCUT2D eigenvalue weighted by molar-refractivity contribution is 0.480. The number of aryl methyl sites for hydroxylation is 1. The van der Waals surface area contributed by atoms with Gasteiger partial charge in [0.2, 0.25) is 0 Å². The fourth-order valence-corrected chi connectivity index (χ4v) is 1.71. The van der Waals surface area contributed by atoms with Crippen molar-refractivity contribution in [3.8, 4) is 5.75 Å². The highest BCUT2D eigenvalue weighted by atomic mass is 16.3. The highest BCUT2D eigenvalue weighted by Crippen LogP contribution is 2.29. The smallest absolute Gasteiger partial charge is 0.125 e. The van der Waals surface area contributed by atoms with E-state index in [1.807, 2.05) is 29.9 Å². The van der Waals surface area contributed by atoms with Crippen LogP contribution in [0.5, 0.6) is 5.75 Å². The highest BCUT2D eigenvalue weighted by molar-refractivity contribution is 5.87. The average molecular weight is 189 g/mol. The van der Waals surface area contributed by atoms with Gasteiger partial charge in [0.15, 0.2) is 0 Å². The Labute approximate surface area is 83.8 Å². The molecule has 1 N–H and O–H groups in total. The molecule has 1 aromatic heterocycles. The molecule has 2 rings (SSSR count). The van der Waals surface area contributed by atoms with Gasteiger partial charge in [-0.15, -0.1) is 0 Å². The van der Waals surface area contributed by atoms with E-state index >= 15 is 0 Å². The Hall–Kier alpha value is -1.44. The zero-order valence-electron chi connectivity index (χ0n) is 8.78. The van der Waals surface area contributed by atoms with E-state index in [1.54, 1.807) is 0 Å². The molecule has 0 saturated carbocycles. The third-order valence-corrected chi connectivity index (χ3v) is 2.67. The van der Waals surface area contributed by atoms with Crippen LogP contribution in [0.2, 0.25) is 0 Å². The number of aromatic nitrogens is 1. The Morgan fingerprint density at radius 1 is 1.29 bits per heavy atom. The first-order chi connectivity index (χ1) is 6.59. The van der Waals surface area contributed by atoms with E-state index in [9.17, 15) is 5.11 Å². The molecule has 1 heterocycles. The number of hydrogen-bond acceptors (Lipinski definition) is 1. The van der Waals surface area contributed by atoms with E-state index < -0.39 is 0 Å². The van der Waals surface area contributed by atoms with Gasteiger partial charge in [0.05, 0.1) is 5.52 Å². The summed E-state index contributed by atoms with van der Waals surface area (Å²) >= 11 is 0. The van der Waals surface area contributed by atoms with Gasteiger partial charge in [0, 0.05) is 18.6 Å². The van der Waals surface area contributed by atoms with Crippen LogP contribution in [0.1, 0.15) is 25.3 Å². The molecule has 0 unspecified atom stereocenters. The second kappa shape index (κ2) is 3.05. The van der Waals surface area contributed by atoms with E-state index in [2.05, 4.69) is 19.9 Å². The van der Waals surface area contributed by atoms with Crippen molar-refractivity contribution >= 4 is 10.9 Å². The number of hydrogen-bond donors (Lipinski definition) is 1. The summed E-state index contributed by atoms with van der Waals surface area (Å²) in [5, 5.41) is 10.7. The summed E-state index contributed by atoms with van der Waals surface area (Å²) in [7, 11) is 1.99. The number of benzene rings is 1. The number of rotatable bonds is 1. The maximum absolute atomic E-state index is 9.80. The summed E-state index contributed by atoms with van der Waals surface area (Å²) in [6, 6.07) is 5.93. The summed E-state index contributed by atoms with van der Waals surface area (Å²) in [6.07, 6.45) is 1.97. The Balaban J connectivity index is 2.75. The molecular weight excluding hydrogens is 174 g/mol. The summed E-state index contributed by atoms with van der Waals surface area (Å²) in [6.45, 7) is 4.26. The molecule has 0 atom stereocenters. The average Bonchev–Trinajstić information content (AvgIpc) is 2.48. The number of phenolic OH excluding ortho intramolecular Hbond substituents is 1. The lowest BCUT2D eigenvalue weighted by Crippen LogP contribution is -1.90. The standard InChI is InChI=1S/C12H15NO/c1-8(2)9-6-11-10(12(14)7-9)4-5-13(11)3/h4-8,14H,1-3H3. The minimum atomic E-state index is 0.381. The molecule has 2 aromatic rings. The Morgan fingerprint density at radius 3 is 2.64 bits per heavy atom. The molecule has 0 amide bonds. The predicted molar refractivity (Wildman–Crippen MR) is 58.7 cm³/mol. The third kappa shape index (κ3) is 1.27. The molecule has 0 fully saturated rings. The van der Waals surface area contributed by atoms with Gasteiger partial charge in [-0.05, 0) is 29.7 Å². The van der Waals surface area contributed by atoms with E-state index in [0.717, 1.165) is 10.9 Å². The van der Waals surface area contributed by atoms with Gasteiger partial charge < -0.3 is 9.67 Å². The molecule has 0 spiro atoms. The fraction of sp³-hybridized carbons (Fsp3) is 0.333. The van der Waals surface area contributed by atoms with Crippen LogP contribution in [-0.2, 0) is 7.05 Å². The second-order valence-corrected chi connectivity index (χ2v) is 4.05. The summed E-state index contributed by atoms with van der Waals surface area (Å²) < 4.78 is 2.03. The zero-order valence-corrected chi connectivity index (χ0v) is 8.78. The molecule has 74 valence electrons. The summed E-state index contributed by atoms with van der Waals surface area (Å²) in [4.78, 5) is 0. The highest BCUT2D eigenvalue weighted by Gasteiger charge is 2.07. The molecule has 0 bridgehead atoms. The van der Waals surface area contributed by atoms with Crippen LogP contribution in [0.3, 0.4) is 0 Å². The van der Waals surface area contributed by atoms with Crippen LogP contribution in [0.15, 0.2) is 24.4 Å². The van der Waals surface area contributed by atoms with Gasteiger partial charge in [-0.2, -0.15) is 0 Å². The van der Waals surface area contributed by atoms with Crippen molar-refractivity contribution in [2.24, 2.45) is 7.05 Å². The first-order valence-electron chi connectivity index (χ1n) is 4.87. The first kappa shape index (κ1) is 9.13. The number of phenols is 1. The molecule has 2 heteroatoms. The number of fused-ring (bicyclic) bond motifs is 1. The quantitative estimate of drug-likeness (QED) is 0.733. The number of aromatic hydroxyl groups is 1. The monoisotopic (exact) mass is 189 g/mol. The van der Waals surface area contributed by atoms with Crippen LogP contribution in [0, 0.1) is 0 Å². The minimum Gasteiger partial charge on any atom is -0.507 e. The Morgan fingerprint density at radius 2 is 2.00 bits per heavy atom. The van der Waals surface area contributed by atoms with Gasteiger partial charge in [0.25, 0.3) is 0 Å². The normalized spacial score (nSPS) is 11.4. The predicted octanol–water partition coefficient (Wildman–Crippen LogP) is 3.01. The molecule has 0 aliphatic carbocycles. The van der Waals surface area contributed by atoms with E-state index in [1.165, 1.54) is 5.56 Å². The van der Waals surface area contributed by atoms with E-state index in [4.69, 9.17) is 0 Å². The van der Waals surface area contributed by atoms with E-state index in [-0.39, 0.29) is 0 Å². The van der Waals surface area contributed by atoms with Crippen molar-refractivity contribution in [2.75, 3.05) is 0 Å². The summed E-state index contributed by atoms with van der Waals surface area (Å²) in [5.41, 5.74) is 2.27. The molecule has 0 saturated heterocycles. The van der Waals surface area contributed by atoms with Crippen molar-refractivity contribution in [3.05, 3.63) is 30.0 Å². The molecule has 0 aliphatic heterocycles. The second-order valence-electron chi connectivity index (χ2n) is 4.05. The van der Waals surface area contributed by atoms with Crippen LogP contribution in [0.4, 0.5) is 0 Å². The minimum absolute atomic E-state index is 0.381. The van der Waals surface area contributed by atoms with Crippen LogP contribution in [0.25, 0.3) is 10.9 Å². The lowest BCUT2D eigenvalue weighted by atomic mass is 10.0. The van der Waals surface area contributed by atoms with Crippen molar-refractivity contribution in [3.63, 3.8) is 0 Å². The van der Waals surface area contributed by atoms with E-state index in [0.29, 0.717) is 11.7 Å². The lowest BCUT2D eigenvalue weighted by Gasteiger charge is -2.07. The van der Waals surface area contributed by atoms with Crippen LogP contribution in [-0.4, -0.2) is 9.67 Å². The van der Waals surface area contributed by atoms with Crippen molar-refractivity contribution in [1.29, 1.82) is 0 Å². The maximum Gasteiger partial charge on any atom is 0.125 e. The molecule has 14 heavy (non-hydrogen) atoms. The molecule has 2 nitrogen and oxygen atoms in total. The van der Waals surface area contributed by atoms with Crippen LogP contribution >= 0.6 is 0 Å². The zero-order chi connectivity index (χ0) is 10.3. The topological polar surface area (TPSA) is 25.2 Å². The van der Waals surface area contributed by atoms with Crippen LogP contribution < -0.4 is 0 Å². The molecule has 0 radical (unpaired) electrons. The van der Waals surface area contributed by atoms with Gasteiger partial charge in [-0.25, -0.2) is 0 Å². The van der Waals surface area contributed by atoms with Crippen molar-refractivity contribution < 1.29 is 5.11 Å². The Kier molecular flexibility index (Phi) is 1.99. The van der Waals surface area contributed by atoms with Gasteiger partial charge >= 0.3 is 0 Å². The molecule has 0 aliphatic rings. The largest absolute Gasteiger partial charge is 0.507 e. The van der Waals surface area contributed by atoms with Gasteiger partial charge in [0.1, 0.15) is 5.75 Å². The van der Waals surface area contributed by atoms with Gasteiger partial charge in [-0.3, -0.25) is 0 Å². The fourth-order valence-electron chi connectivity index (χ4n) is 1.71. The van der Waals surface area contributed by atoms with Crippen molar-refractivity contribution in [2.45, 2.75) is 19.8 Å².